The molecule has 2 fully saturated rings. The van der Waals surface area contributed by atoms with Crippen molar-refractivity contribution in [3.63, 3.8) is 0 Å². The molecule has 0 atom stereocenters. The van der Waals surface area contributed by atoms with Crippen LogP contribution in [0.1, 0.15) is 57.1 Å². The molecule has 4 N–H and O–H groups in total. The fourth-order valence-electron chi connectivity index (χ4n) is 7.00. The Morgan fingerprint density at radius 2 is 1.93 bits per heavy atom. The van der Waals surface area contributed by atoms with E-state index in [1.807, 2.05) is 0 Å². The Balaban J connectivity index is 0.00000110. The van der Waals surface area contributed by atoms with Gasteiger partial charge in [0.25, 0.3) is 0 Å². The van der Waals surface area contributed by atoms with Crippen molar-refractivity contribution in [3.8, 4) is 5.75 Å². The summed E-state index contributed by atoms with van der Waals surface area (Å²) < 4.78 is 13.7. The Morgan fingerprint density at radius 1 is 1.14 bits per heavy atom. The molecule has 0 bridgehead atoms. The highest BCUT2D eigenvalue weighted by molar-refractivity contribution is 6.09. The van der Waals surface area contributed by atoms with Crippen LogP contribution in [0.3, 0.4) is 0 Å². The van der Waals surface area contributed by atoms with E-state index in [-0.39, 0.29) is 12.6 Å². The molecule has 1 saturated heterocycles. The highest BCUT2D eigenvalue weighted by atomic mass is 16.5. The van der Waals surface area contributed by atoms with Gasteiger partial charge >= 0.3 is 0 Å². The molecule has 2 aromatic heterocycles. The Kier molecular flexibility index (Phi) is 9.07. The van der Waals surface area contributed by atoms with Crippen molar-refractivity contribution in [1.29, 1.82) is 0 Å². The summed E-state index contributed by atoms with van der Waals surface area (Å²) >= 11 is 0. The van der Waals surface area contributed by atoms with Crippen LogP contribution in [0.5, 0.6) is 5.75 Å². The summed E-state index contributed by atoms with van der Waals surface area (Å²) in [6.07, 6.45) is 8.24. The predicted molar refractivity (Wildman–Crippen MR) is 178 cm³/mol. The van der Waals surface area contributed by atoms with Crippen LogP contribution in [0.25, 0.3) is 27.5 Å². The lowest BCUT2D eigenvalue weighted by Gasteiger charge is -2.56. The highest BCUT2D eigenvalue weighted by Gasteiger charge is 2.51. The average Bonchev–Trinajstić information content (AvgIpc) is 3.29. The Bertz CT molecular complexity index is 1630. The van der Waals surface area contributed by atoms with E-state index in [9.17, 15) is 0 Å². The van der Waals surface area contributed by atoms with Gasteiger partial charge in [-0.25, -0.2) is 4.98 Å². The zero-order chi connectivity index (χ0) is 30.7. The molecule has 9 nitrogen and oxygen atoms in total. The number of methoxy groups -OCH3 is 1. The van der Waals surface area contributed by atoms with Crippen molar-refractivity contribution < 1.29 is 14.6 Å². The number of aromatic nitrogens is 3. The molecule has 44 heavy (non-hydrogen) atoms. The number of nitrogens with two attached hydrogens (primary N) is 1. The number of aliphatic hydroxyl groups excluding tert-OH is 1. The lowest BCUT2D eigenvalue weighted by molar-refractivity contribution is -0.183. The molecule has 1 spiro atoms. The lowest BCUT2D eigenvalue weighted by atomic mass is 9.63. The molecule has 234 valence electrons. The van der Waals surface area contributed by atoms with Crippen molar-refractivity contribution >= 4 is 39.3 Å². The number of unbranched alkanes of at least 4 members (excludes halogenated alkanes) is 1. The molecule has 2 aliphatic heterocycles. The van der Waals surface area contributed by atoms with Gasteiger partial charge in [-0.1, -0.05) is 43.7 Å². The van der Waals surface area contributed by atoms with Crippen molar-refractivity contribution in [1.82, 2.24) is 19.4 Å². The molecule has 1 aliphatic carbocycles. The van der Waals surface area contributed by atoms with Crippen molar-refractivity contribution in [2.75, 3.05) is 57.6 Å². The van der Waals surface area contributed by atoms with Gasteiger partial charge in [-0.05, 0) is 61.9 Å². The van der Waals surface area contributed by atoms with Gasteiger partial charge in [0.1, 0.15) is 16.8 Å². The summed E-state index contributed by atoms with van der Waals surface area (Å²) in [7, 11) is 1.75. The maximum absolute atomic E-state index is 7.57. The van der Waals surface area contributed by atoms with E-state index in [0.717, 1.165) is 91.2 Å². The minimum absolute atomic E-state index is 0.250. The van der Waals surface area contributed by atoms with Gasteiger partial charge in [-0.2, -0.15) is 4.98 Å². The summed E-state index contributed by atoms with van der Waals surface area (Å²) in [5, 5.41) is 12.2. The smallest absolute Gasteiger partial charge is 0.222 e. The molecule has 4 aromatic rings. The number of ether oxygens (including phenoxy) is 2. The Hall–Kier alpha value is -3.66. The largest absolute Gasteiger partial charge is 0.496 e. The highest BCUT2D eigenvalue weighted by Crippen LogP contribution is 2.49. The predicted octanol–water partition coefficient (Wildman–Crippen LogP) is 5.70. The molecule has 0 unspecified atom stereocenters. The molecule has 4 heterocycles. The number of para-hydroxylation sites is 1. The number of aliphatic hydroxyl groups is 1. The third kappa shape index (κ3) is 5.88. The number of benzene rings is 2. The van der Waals surface area contributed by atoms with Gasteiger partial charge in [0, 0.05) is 48.6 Å². The molecule has 7 rings (SSSR count). The zero-order valence-electron chi connectivity index (χ0n) is 26.3. The van der Waals surface area contributed by atoms with Crippen LogP contribution in [0.15, 0.2) is 48.5 Å². The molecular weight excluding hydrogens is 552 g/mol. The summed E-state index contributed by atoms with van der Waals surface area (Å²) in [4.78, 5) is 12.0. The monoisotopic (exact) mass is 598 g/mol. The first kappa shape index (κ1) is 30.4. The number of hydrogen-bond acceptors (Lipinski definition) is 8. The molecular formula is C35H46N6O3. The third-order valence-electron chi connectivity index (χ3n) is 9.27. The fourth-order valence-corrected chi connectivity index (χ4v) is 7.00. The summed E-state index contributed by atoms with van der Waals surface area (Å²) in [6.45, 7) is 9.65. The minimum atomic E-state index is 0.250. The number of nitrogens with one attached hydrogen (secondary N) is 1. The van der Waals surface area contributed by atoms with Gasteiger partial charge in [-0.15, -0.1) is 0 Å². The molecule has 0 amide bonds. The first-order valence-corrected chi connectivity index (χ1v) is 16.1. The van der Waals surface area contributed by atoms with Gasteiger partial charge in [0.15, 0.2) is 5.82 Å². The van der Waals surface area contributed by atoms with Gasteiger partial charge in [0.05, 0.1) is 32.4 Å². The second kappa shape index (κ2) is 13.1. The van der Waals surface area contributed by atoms with Crippen LogP contribution in [-0.2, 0) is 11.3 Å². The second-order valence-corrected chi connectivity index (χ2v) is 12.4. The maximum Gasteiger partial charge on any atom is 0.222 e. The summed E-state index contributed by atoms with van der Waals surface area (Å²) in [6, 6.07) is 15.7. The quantitative estimate of drug-likeness (QED) is 0.211. The van der Waals surface area contributed by atoms with Crippen LogP contribution >= 0.6 is 0 Å². The Morgan fingerprint density at radius 3 is 2.66 bits per heavy atom. The summed E-state index contributed by atoms with van der Waals surface area (Å²) in [5.74, 6) is 1.96. The molecule has 0 radical (unpaired) electrons. The number of nitrogens with zero attached hydrogens (tertiary/aromatic N) is 4. The normalized spacial score (nSPS) is 18.0. The molecule has 9 heteroatoms. The van der Waals surface area contributed by atoms with E-state index in [0.29, 0.717) is 18.0 Å². The fraction of sp³-hybridized carbons (Fsp3) is 0.486. The standard InChI is InChI=1S/C33H40N6O2.C2H6O/c1-3-4-13-35-31-30-29(36-32(34)37-31)26-9-5-6-10-27(26)39(30)19-24-15-22(11-12-28(24)40-2)23-8-7-14-38(18-23)25-16-33(17-25)20-41-21-33;1-2-3/h5-6,8-12,15,25H,3-4,7,13-14,16-21H2,1-2H3,(H3,34,35,36,37);3H,2H2,1H3. The van der Waals surface area contributed by atoms with E-state index >= 15 is 0 Å². The lowest BCUT2D eigenvalue weighted by Crippen LogP contribution is -2.60. The summed E-state index contributed by atoms with van der Waals surface area (Å²) in [5.41, 5.74) is 13.5. The minimum Gasteiger partial charge on any atom is -0.496 e. The van der Waals surface area contributed by atoms with Crippen molar-refractivity contribution in [2.24, 2.45) is 5.41 Å². The van der Waals surface area contributed by atoms with E-state index in [2.05, 4.69) is 75.2 Å². The molecule has 3 aliphatic rings. The number of anilines is 2. The van der Waals surface area contributed by atoms with Crippen LogP contribution in [-0.4, -0.2) is 77.1 Å². The van der Waals surface area contributed by atoms with Crippen molar-refractivity contribution in [2.45, 2.75) is 58.5 Å². The Labute approximate surface area is 260 Å². The third-order valence-corrected chi connectivity index (χ3v) is 9.27. The number of rotatable bonds is 9. The van der Waals surface area contributed by atoms with Crippen molar-refractivity contribution in [3.05, 3.63) is 59.7 Å². The number of nitrogen functional groups attached to an aromatic ring is 1. The van der Waals surface area contributed by atoms with Crippen LogP contribution in [0, 0.1) is 5.41 Å². The van der Waals surface area contributed by atoms with E-state index in [1.54, 1.807) is 14.0 Å². The first-order valence-electron chi connectivity index (χ1n) is 16.1. The first-order chi connectivity index (χ1) is 21.5. The van der Waals surface area contributed by atoms with Crippen LogP contribution < -0.4 is 15.8 Å². The molecule has 1 saturated carbocycles. The van der Waals surface area contributed by atoms with Crippen LogP contribution in [0.2, 0.25) is 0 Å². The zero-order valence-corrected chi connectivity index (χ0v) is 26.3. The topological polar surface area (TPSA) is 111 Å². The van der Waals surface area contributed by atoms with Crippen LogP contribution in [0.4, 0.5) is 11.8 Å². The maximum atomic E-state index is 7.57. The van der Waals surface area contributed by atoms with Gasteiger partial charge in [-0.3, -0.25) is 4.90 Å². The average molecular weight is 599 g/mol. The van der Waals surface area contributed by atoms with E-state index in [4.69, 9.17) is 25.3 Å². The SMILES string of the molecule is CCCCNc1nc(N)nc2c3ccccc3n(Cc3cc(C4=CCCN(C5CC6(COC6)C5)C4)ccc3OC)c12.CCO. The number of fused-ring (bicyclic) bond motifs is 3. The van der Waals surface area contributed by atoms with E-state index < -0.39 is 0 Å². The van der Waals surface area contributed by atoms with Gasteiger partial charge < -0.3 is 30.2 Å². The van der Waals surface area contributed by atoms with Gasteiger partial charge in [0.2, 0.25) is 5.95 Å². The van der Waals surface area contributed by atoms with E-state index in [1.165, 1.54) is 24.0 Å². The molecule has 2 aromatic carbocycles. The second-order valence-electron chi connectivity index (χ2n) is 12.4. The number of hydrogen-bond donors (Lipinski definition) is 3.